The van der Waals surface area contributed by atoms with Crippen molar-refractivity contribution in [1.82, 2.24) is 0 Å². The van der Waals surface area contributed by atoms with E-state index in [9.17, 15) is 10.1 Å². The van der Waals surface area contributed by atoms with Gasteiger partial charge in [0.2, 0.25) is 0 Å². The number of hydrogen-bond donors (Lipinski definition) is 1. The number of nitrogens with one attached hydrogen (secondary N) is 1. The Morgan fingerprint density at radius 2 is 2.00 bits per heavy atom. The Bertz CT molecular complexity index is 677. The van der Waals surface area contributed by atoms with Crippen LogP contribution in [0.2, 0.25) is 10.0 Å². The summed E-state index contributed by atoms with van der Waals surface area (Å²) in [7, 11) is 1.63. The van der Waals surface area contributed by atoms with E-state index in [-0.39, 0.29) is 12.3 Å². The van der Waals surface area contributed by atoms with Crippen LogP contribution in [-0.4, -0.2) is 12.0 Å². The Labute approximate surface area is 131 Å². The van der Waals surface area contributed by atoms with Crippen molar-refractivity contribution >= 4 is 34.6 Å². The topological polar surface area (TPSA) is 64.4 Å². The molecule has 0 spiro atoms. The summed E-state index contributed by atoms with van der Waals surface area (Å²) >= 11 is 11.9. The van der Waals surface area contributed by atoms with E-state index < -0.39 is 4.92 Å². The molecule has 0 heterocycles. The van der Waals surface area contributed by atoms with Crippen molar-refractivity contribution in [3.63, 3.8) is 0 Å². The van der Waals surface area contributed by atoms with E-state index in [1.165, 1.54) is 6.07 Å². The van der Waals surface area contributed by atoms with Crippen LogP contribution in [0.5, 0.6) is 5.75 Å². The van der Waals surface area contributed by atoms with E-state index in [2.05, 4.69) is 5.32 Å². The van der Waals surface area contributed by atoms with Crippen LogP contribution in [0.1, 0.15) is 5.56 Å². The van der Waals surface area contributed by atoms with Crippen molar-refractivity contribution in [2.45, 2.75) is 6.61 Å². The molecule has 0 aromatic heterocycles. The first-order valence-electron chi connectivity index (χ1n) is 6.04. The highest BCUT2D eigenvalue weighted by Crippen LogP contribution is 2.29. The van der Waals surface area contributed by atoms with Crippen LogP contribution in [0.25, 0.3) is 0 Å². The SMILES string of the molecule is CNc1ccc(COc2cc(Cl)ccc2Cl)cc1[N+](=O)[O-]. The van der Waals surface area contributed by atoms with Gasteiger partial charge in [-0.2, -0.15) is 0 Å². The highest BCUT2D eigenvalue weighted by molar-refractivity contribution is 6.34. The molecule has 110 valence electrons. The van der Waals surface area contributed by atoms with E-state index >= 15 is 0 Å². The molecule has 0 aliphatic heterocycles. The van der Waals surface area contributed by atoms with Gasteiger partial charge in [-0.05, 0) is 23.8 Å². The predicted molar refractivity (Wildman–Crippen MR) is 83.4 cm³/mol. The lowest BCUT2D eigenvalue weighted by atomic mass is 10.2. The lowest BCUT2D eigenvalue weighted by Crippen LogP contribution is -2.00. The molecule has 2 aromatic rings. The first-order chi connectivity index (χ1) is 10.0. The number of nitro groups is 1. The minimum absolute atomic E-state index is 0.00390. The molecule has 0 amide bonds. The monoisotopic (exact) mass is 326 g/mol. The summed E-state index contributed by atoms with van der Waals surface area (Å²) in [6.07, 6.45) is 0. The maximum atomic E-state index is 11.0. The normalized spacial score (nSPS) is 10.2. The summed E-state index contributed by atoms with van der Waals surface area (Å²) in [4.78, 5) is 10.5. The number of halogens is 2. The van der Waals surface area contributed by atoms with E-state index in [1.54, 1.807) is 37.4 Å². The van der Waals surface area contributed by atoms with E-state index in [0.29, 0.717) is 27.0 Å². The highest BCUT2D eigenvalue weighted by atomic mass is 35.5. The maximum absolute atomic E-state index is 11.0. The molecule has 7 heteroatoms. The van der Waals surface area contributed by atoms with Crippen LogP contribution in [0.3, 0.4) is 0 Å². The van der Waals surface area contributed by atoms with Gasteiger partial charge in [0.25, 0.3) is 5.69 Å². The molecule has 0 aliphatic carbocycles. The summed E-state index contributed by atoms with van der Waals surface area (Å²) in [5.74, 6) is 0.435. The van der Waals surface area contributed by atoms with Gasteiger partial charge in [0.1, 0.15) is 18.0 Å². The van der Waals surface area contributed by atoms with Crippen LogP contribution in [-0.2, 0) is 6.61 Å². The van der Waals surface area contributed by atoms with Gasteiger partial charge < -0.3 is 10.1 Å². The first-order valence-corrected chi connectivity index (χ1v) is 6.80. The van der Waals surface area contributed by atoms with Gasteiger partial charge in [-0.3, -0.25) is 10.1 Å². The number of nitrogens with zero attached hydrogens (tertiary/aromatic N) is 1. The van der Waals surface area contributed by atoms with Crippen molar-refractivity contribution in [3.8, 4) is 5.75 Å². The lowest BCUT2D eigenvalue weighted by Gasteiger charge is -2.09. The fourth-order valence-electron chi connectivity index (χ4n) is 1.78. The molecule has 0 bridgehead atoms. The Morgan fingerprint density at radius 1 is 1.24 bits per heavy atom. The van der Waals surface area contributed by atoms with Gasteiger partial charge in [0.05, 0.1) is 9.95 Å². The van der Waals surface area contributed by atoms with Crippen LogP contribution in [0.4, 0.5) is 11.4 Å². The lowest BCUT2D eigenvalue weighted by molar-refractivity contribution is -0.384. The van der Waals surface area contributed by atoms with Crippen LogP contribution < -0.4 is 10.1 Å². The number of hydrogen-bond acceptors (Lipinski definition) is 4. The van der Waals surface area contributed by atoms with Crippen molar-refractivity contribution < 1.29 is 9.66 Å². The Kier molecular flexibility index (Phi) is 4.88. The smallest absolute Gasteiger partial charge is 0.292 e. The molecule has 0 atom stereocenters. The van der Waals surface area contributed by atoms with Gasteiger partial charge in [-0.1, -0.05) is 29.3 Å². The number of anilines is 1. The average molecular weight is 327 g/mol. The second-order valence-electron chi connectivity index (χ2n) is 4.22. The van der Waals surface area contributed by atoms with Gasteiger partial charge >= 0.3 is 0 Å². The minimum atomic E-state index is -0.443. The molecule has 2 rings (SSSR count). The Balaban J connectivity index is 2.18. The molecule has 5 nitrogen and oxygen atoms in total. The molecular weight excluding hydrogens is 315 g/mol. The van der Waals surface area contributed by atoms with E-state index in [1.807, 2.05) is 0 Å². The maximum Gasteiger partial charge on any atom is 0.292 e. The highest BCUT2D eigenvalue weighted by Gasteiger charge is 2.14. The van der Waals surface area contributed by atoms with E-state index in [0.717, 1.165) is 0 Å². The van der Waals surface area contributed by atoms with Gasteiger partial charge in [0, 0.05) is 24.2 Å². The molecule has 0 unspecified atom stereocenters. The summed E-state index contributed by atoms with van der Waals surface area (Å²) in [5.41, 5.74) is 1.11. The molecule has 1 N–H and O–H groups in total. The standard InChI is InChI=1S/C14H12Cl2N2O3/c1-17-12-5-2-9(6-13(12)18(19)20)8-21-14-7-10(15)3-4-11(14)16/h2-7,17H,8H2,1H3. The quantitative estimate of drug-likeness (QED) is 0.648. The van der Waals surface area contributed by atoms with Gasteiger partial charge in [-0.25, -0.2) is 0 Å². The summed E-state index contributed by atoms with van der Waals surface area (Å²) in [6.45, 7) is 0.158. The number of rotatable bonds is 5. The zero-order valence-electron chi connectivity index (χ0n) is 11.1. The third-order valence-electron chi connectivity index (χ3n) is 2.82. The second-order valence-corrected chi connectivity index (χ2v) is 5.07. The van der Waals surface area contributed by atoms with Gasteiger partial charge in [-0.15, -0.1) is 0 Å². The summed E-state index contributed by atoms with van der Waals surface area (Å²) in [6, 6.07) is 9.73. The second kappa shape index (κ2) is 6.65. The van der Waals surface area contributed by atoms with Gasteiger partial charge in [0.15, 0.2) is 0 Å². The molecule has 0 fully saturated rings. The zero-order valence-corrected chi connectivity index (χ0v) is 12.6. The molecule has 21 heavy (non-hydrogen) atoms. The van der Waals surface area contributed by atoms with Crippen LogP contribution >= 0.6 is 23.2 Å². The largest absolute Gasteiger partial charge is 0.487 e. The molecule has 2 aromatic carbocycles. The number of ether oxygens (including phenoxy) is 1. The van der Waals surface area contributed by atoms with Crippen molar-refractivity contribution in [2.75, 3.05) is 12.4 Å². The average Bonchev–Trinajstić information content (AvgIpc) is 2.47. The third kappa shape index (κ3) is 3.77. The molecule has 0 radical (unpaired) electrons. The molecule has 0 aliphatic rings. The minimum Gasteiger partial charge on any atom is -0.487 e. The Morgan fingerprint density at radius 3 is 2.67 bits per heavy atom. The van der Waals surface area contributed by atoms with Crippen molar-refractivity contribution in [2.24, 2.45) is 0 Å². The fraction of sp³-hybridized carbons (Fsp3) is 0.143. The van der Waals surface area contributed by atoms with Crippen LogP contribution in [0, 0.1) is 10.1 Å². The summed E-state index contributed by atoms with van der Waals surface area (Å²) in [5, 5.41) is 14.7. The molecular formula is C14H12Cl2N2O3. The fourth-order valence-corrected chi connectivity index (χ4v) is 2.11. The summed E-state index contributed by atoms with van der Waals surface area (Å²) < 4.78 is 5.55. The third-order valence-corrected chi connectivity index (χ3v) is 3.36. The van der Waals surface area contributed by atoms with Crippen molar-refractivity contribution in [1.29, 1.82) is 0 Å². The zero-order chi connectivity index (χ0) is 15.4. The molecule has 0 saturated heterocycles. The van der Waals surface area contributed by atoms with E-state index in [4.69, 9.17) is 27.9 Å². The molecule has 0 saturated carbocycles. The predicted octanol–water partition coefficient (Wildman–Crippen LogP) is 4.52. The Hall–Kier alpha value is -1.98. The van der Waals surface area contributed by atoms with Crippen LogP contribution in [0.15, 0.2) is 36.4 Å². The first kappa shape index (κ1) is 15.4. The van der Waals surface area contributed by atoms with Crippen molar-refractivity contribution in [3.05, 3.63) is 62.1 Å². The number of benzene rings is 2. The number of nitro benzene ring substituents is 1.